The summed E-state index contributed by atoms with van der Waals surface area (Å²) in [6.07, 6.45) is 11.2. The number of carbonyl (C=O) groups excluding carboxylic acids is 2. The molecule has 52 heavy (non-hydrogen) atoms. The monoisotopic (exact) mass is 730 g/mol. The summed E-state index contributed by atoms with van der Waals surface area (Å²) in [5.74, 6) is 1.67. The van der Waals surface area contributed by atoms with E-state index in [1.54, 1.807) is 16.0 Å². The molecule has 2 aliphatic rings. The second-order valence-electron chi connectivity index (χ2n) is 14.9. The standard InChI is InChI=1S/C17H28N6O4.C17H30N6O2/c1-17(2,3)22(16(24)27-4)10-9-18-14-13(23(25)26)11-19-15(21-14)20-12-7-5-6-8-12;1-17(2,3)23(16(24)25-4)10-9-19-14-13(18)11-20-15(22-14)21-12-7-5-6-8-12/h11-12H,5-10H2,1-4H3,(H2,18,19,20,21);11-12H,5-10,18H2,1-4H3,(H2,19,20,21,22). The van der Waals surface area contributed by atoms with Crippen molar-refractivity contribution in [2.75, 3.05) is 67.4 Å². The summed E-state index contributed by atoms with van der Waals surface area (Å²) in [7, 11) is 2.71. The van der Waals surface area contributed by atoms with Gasteiger partial charge < -0.3 is 46.3 Å². The molecule has 18 nitrogen and oxygen atoms in total. The Bertz CT molecular complexity index is 1470. The van der Waals surface area contributed by atoms with Gasteiger partial charge in [-0.2, -0.15) is 9.97 Å². The highest BCUT2D eigenvalue weighted by molar-refractivity contribution is 5.69. The minimum atomic E-state index is -0.524. The van der Waals surface area contributed by atoms with Gasteiger partial charge in [-0.3, -0.25) is 10.1 Å². The van der Waals surface area contributed by atoms with E-state index in [2.05, 4.69) is 41.2 Å². The fourth-order valence-electron chi connectivity index (χ4n) is 6.01. The first kappa shape index (κ1) is 41.5. The summed E-state index contributed by atoms with van der Waals surface area (Å²) in [5.41, 5.74) is 5.47. The lowest BCUT2D eigenvalue weighted by molar-refractivity contribution is -0.384. The summed E-state index contributed by atoms with van der Waals surface area (Å²) >= 11 is 0. The number of nitrogens with one attached hydrogen (secondary N) is 4. The van der Waals surface area contributed by atoms with Crippen LogP contribution in [-0.2, 0) is 9.47 Å². The Kier molecular flexibility index (Phi) is 15.2. The third kappa shape index (κ3) is 12.7. The van der Waals surface area contributed by atoms with Crippen molar-refractivity contribution in [2.45, 2.75) is 116 Å². The Labute approximate surface area is 306 Å². The molecule has 2 heterocycles. The summed E-state index contributed by atoms with van der Waals surface area (Å²) in [6, 6.07) is 0.738. The fraction of sp³-hybridized carbons (Fsp3) is 0.706. The maximum absolute atomic E-state index is 12.0. The van der Waals surface area contributed by atoms with Crippen molar-refractivity contribution in [2.24, 2.45) is 0 Å². The molecule has 2 fully saturated rings. The second kappa shape index (κ2) is 19.1. The molecule has 0 spiro atoms. The van der Waals surface area contributed by atoms with Crippen molar-refractivity contribution in [3.8, 4) is 0 Å². The number of methoxy groups -OCH3 is 2. The van der Waals surface area contributed by atoms with Gasteiger partial charge in [0.05, 0.1) is 31.0 Å². The van der Waals surface area contributed by atoms with Crippen molar-refractivity contribution in [3.63, 3.8) is 0 Å². The number of hydrogen-bond acceptors (Lipinski definition) is 15. The number of ether oxygens (including phenoxy) is 2. The van der Waals surface area contributed by atoms with E-state index in [1.165, 1.54) is 33.3 Å². The molecular formula is C34H58N12O6. The van der Waals surface area contributed by atoms with Crippen LogP contribution in [0, 0.1) is 10.1 Å². The van der Waals surface area contributed by atoms with Crippen molar-refractivity contribution in [1.29, 1.82) is 0 Å². The number of carbonyl (C=O) groups is 2. The number of rotatable bonds is 13. The molecule has 0 aromatic carbocycles. The molecule has 0 unspecified atom stereocenters. The van der Waals surface area contributed by atoms with E-state index in [1.807, 2.05) is 41.5 Å². The van der Waals surface area contributed by atoms with E-state index in [0.29, 0.717) is 55.1 Å². The van der Waals surface area contributed by atoms with Gasteiger partial charge in [-0.1, -0.05) is 25.7 Å². The predicted octanol–water partition coefficient (Wildman–Crippen LogP) is 5.71. The van der Waals surface area contributed by atoms with Gasteiger partial charge in [0.1, 0.15) is 6.20 Å². The van der Waals surface area contributed by atoms with Crippen molar-refractivity contribution >= 4 is 47.1 Å². The highest BCUT2D eigenvalue weighted by Gasteiger charge is 2.28. The van der Waals surface area contributed by atoms with Crippen molar-refractivity contribution in [3.05, 3.63) is 22.5 Å². The SMILES string of the molecule is COC(=O)N(CCNc1nc(NC2CCCC2)ncc1N)C(C)(C)C.COC(=O)N(CCNc1nc(NC2CCCC2)ncc1[N+](=O)[O-])C(C)(C)C. The highest BCUT2D eigenvalue weighted by atomic mass is 16.6. The van der Waals surface area contributed by atoms with Gasteiger partial charge in [0.15, 0.2) is 5.82 Å². The van der Waals surface area contributed by atoms with Crippen LogP contribution in [-0.4, -0.2) is 110 Å². The Balaban J connectivity index is 0.000000281. The summed E-state index contributed by atoms with van der Waals surface area (Å²) in [5, 5.41) is 24.0. The summed E-state index contributed by atoms with van der Waals surface area (Å²) in [6.45, 7) is 13.1. The van der Waals surface area contributed by atoms with Crippen LogP contribution < -0.4 is 27.0 Å². The third-order valence-electron chi connectivity index (χ3n) is 8.83. The molecule has 2 amide bonds. The molecule has 290 valence electrons. The molecular weight excluding hydrogens is 672 g/mol. The number of nitrogens with zero attached hydrogens (tertiary/aromatic N) is 7. The number of aromatic nitrogens is 4. The predicted molar refractivity (Wildman–Crippen MR) is 202 cm³/mol. The average Bonchev–Trinajstić information content (AvgIpc) is 3.80. The van der Waals surface area contributed by atoms with E-state index in [4.69, 9.17) is 15.2 Å². The van der Waals surface area contributed by atoms with E-state index in [-0.39, 0.29) is 29.7 Å². The number of nitro groups is 1. The van der Waals surface area contributed by atoms with Crippen LogP contribution in [0.1, 0.15) is 92.9 Å². The minimum absolute atomic E-state index is 0.134. The van der Waals surface area contributed by atoms with Gasteiger partial charge in [-0.15, -0.1) is 0 Å². The Hall–Kier alpha value is -4.90. The Morgan fingerprint density at radius 1 is 0.788 bits per heavy atom. The number of nitrogen functional groups attached to an aromatic ring is 1. The van der Waals surface area contributed by atoms with Crippen LogP contribution in [0.15, 0.2) is 12.4 Å². The van der Waals surface area contributed by atoms with Gasteiger partial charge in [-0.25, -0.2) is 19.6 Å². The quantitative estimate of drug-likeness (QED) is 0.123. The van der Waals surface area contributed by atoms with Crippen LogP contribution in [0.3, 0.4) is 0 Å². The molecule has 0 radical (unpaired) electrons. The number of amides is 2. The molecule has 2 aromatic heterocycles. The number of anilines is 5. The second-order valence-corrected chi connectivity index (χ2v) is 14.9. The fourth-order valence-corrected chi connectivity index (χ4v) is 6.01. The first-order valence-corrected chi connectivity index (χ1v) is 17.9. The summed E-state index contributed by atoms with van der Waals surface area (Å²) in [4.78, 5) is 54.9. The van der Waals surface area contributed by atoms with Gasteiger partial charge in [0, 0.05) is 49.3 Å². The first-order chi connectivity index (χ1) is 24.5. The lowest BCUT2D eigenvalue weighted by Gasteiger charge is -2.34. The lowest BCUT2D eigenvalue weighted by atomic mass is 10.1. The molecule has 2 aliphatic carbocycles. The molecule has 0 atom stereocenters. The highest BCUT2D eigenvalue weighted by Crippen LogP contribution is 2.26. The minimum Gasteiger partial charge on any atom is -0.453 e. The topological polar surface area (TPSA) is 228 Å². The van der Waals surface area contributed by atoms with Gasteiger partial charge in [0.25, 0.3) is 0 Å². The molecule has 2 aromatic rings. The van der Waals surface area contributed by atoms with E-state index >= 15 is 0 Å². The number of nitrogens with two attached hydrogens (primary N) is 1. The van der Waals surface area contributed by atoms with Crippen LogP contribution in [0.2, 0.25) is 0 Å². The zero-order valence-corrected chi connectivity index (χ0v) is 32.0. The zero-order valence-electron chi connectivity index (χ0n) is 32.0. The van der Waals surface area contributed by atoms with Crippen LogP contribution in [0.5, 0.6) is 0 Å². The smallest absolute Gasteiger partial charge is 0.409 e. The van der Waals surface area contributed by atoms with Crippen LogP contribution in [0.4, 0.5) is 44.5 Å². The molecule has 2 saturated carbocycles. The molecule has 0 bridgehead atoms. The molecule has 6 N–H and O–H groups in total. The first-order valence-electron chi connectivity index (χ1n) is 17.9. The van der Waals surface area contributed by atoms with Crippen LogP contribution in [0.25, 0.3) is 0 Å². The Morgan fingerprint density at radius 3 is 1.60 bits per heavy atom. The van der Waals surface area contributed by atoms with Gasteiger partial charge in [-0.05, 0) is 67.2 Å². The number of hydrogen-bond donors (Lipinski definition) is 5. The van der Waals surface area contributed by atoms with Crippen LogP contribution >= 0.6 is 0 Å². The van der Waals surface area contributed by atoms with Gasteiger partial charge >= 0.3 is 17.9 Å². The largest absolute Gasteiger partial charge is 0.453 e. The Morgan fingerprint density at radius 2 is 1.19 bits per heavy atom. The molecule has 18 heteroatoms. The molecule has 0 aliphatic heterocycles. The maximum atomic E-state index is 12.0. The molecule has 0 saturated heterocycles. The van der Waals surface area contributed by atoms with Crippen molar-refractivity contribution in [1.82, 2.24) is 29.7 Å². The van der Waals surface area contributed by atoms with Gasteiger partial charge in [0.2, 0.25) is 17.7 Å². The van der Waals surface area contributed by atoms with E-state index in [0.717, 1.165) is 38.5 Å². The normalized spacial score (nSPS) is 14.8. The lowest BCUT2D eigenvalue weighted by Crippen LogP contribution is -2.47. The van der Waals surface area contributed by atoms with E-state index < -0.39 is 16.6 Å². The average molecular weight is 731 g/mol. The summed E-state index contributed by atoms with van der Waals surface area (Å²) < 4.78 is 9.67. The third-order valence-corrected chi connectivity index (χ3v) is 8.83. The van der Waals surface area contributed by atoms with E-state index in [9.17, 15) is 19.7 Å². The maximum Gasteiger partial charge on any atom is 0.409 e. The molecule has 4 rings (SSSR count). The zero-order chi connectivity index (χ0) is 38.5. The van der Waals surface area contributed by atoms with Crippen molar-refractivity contribution < 1.29 is 24.0 Å².